The first-order valence-corrected chi connectivity index (χ1v) is 12.7. The number of halogens is 1. The molecule has 0 radical (unpaired) electrons. The zero-order valence-electron chi connectivity index (χ0n) is 19.7. The zero-order chi connectivity index (χ0) is 23.6. The Labute approximate surface area is 221 Å². The van der Waals surface area contributed by atoms with Crippen molar-refractivity contribution in [2.45, 2.75) is 19.5 Å². The molecule has 0 atom stereocenters. The minimum Gasteiger partial charge on any atom is -0.322 e. The van der Waals surface area contributed by atoms with E-state index in [1.165, 1.54) is 22.3 Å². The fourth-order valence-electron chi connectivity index (χ4n) is 4.83. The highest BCUT2D eigenvalue weighted by Gasteiger charge is 2.19. The molecule has 4 aromatic carbocycles. The third-order valence-electron chi connectivity index (χ3n) is 6.64. The summed E-state index contributed by atoms with van der Waals surface area (Å²) in [6, 6.07) is 31.0. The van der Waals surface area contributed by atoms with Crippen LogP contribution in [0.5, 0.6) is 0 Å². The second-order valence-electron chi connectivity index (χ2n) is 8.96. The summed E-state index contributed by atoms with van der Waals surface area (Å²) in [5.74, 6) is -0.107. The average Bonchev–Trinajstić information content (AvgIpc) is 3.37. The van der Waals surface area contributed by atoms with Gasteiger partial charge in [0.15, 0.2) is 0 Å². The van der Waals surface area contributed by atoms with E-state index in [1.54, 1.807) is 11.3 Å². The highest BCUT2D eigenvalue weighted by Crippen LogP contribution is 2.29. The van der Waals surface area contributed by atoms with Crippen molar-refractivity contribution in [2.24, 2.45) is 0 Å². The number of amides is 1. The van der Waals surface area contributed by atoms with Crippen molar-refractivity contribution in [1.82, 2.24) is 9.88 Å². The number of benzene rings is 4. The lowest BCUT2D eigenvalue weighted by atomic mass is 9.95. The molecule has 180 valence electrons. The lowest BCUT2D eigenvalue weighted by Gasteiger charge is -2.29. The Balaban J connectivity index is 0.00000267. The Kier molecular flexibility index (Phi) is 7.14. The van der Waals surface area contributed by atoms with Crippen molar-refractivity contribution < 1.29 is 4.79 Å². The van der Waals surface area contributed by atoms with Gasteiger partial charge in [0.1, 0.15) is 0 Å². The summed E-state index contributed by atoms with van der Waals surface area (Å²) in [6.07, 6.45) is 1.05. The quantitative estimate of drug-likeness (QED) is 0.271. The number of aromatic nitrogens is 1. The van der Waals surface area contributed by atoms with E-state index in [1.807, 2.05) is 35.8 Å². The summed E-state index contributed by atoms with van der Waals surface area (Å²) in [5.41, 5.74) is 10.5. The number of fused-ring (bicyclic) bond motifs is 2. The number of carbonyl (C=O) groups is 1. The maximum atomic E-state index is 13.2. The minimum absolute atomic E-state index is 0. The van der Waals surface area contributed by atoms with Gasteiger partial charge < -0.3 is 5.32 Å². The summed E-state index contributed by atoms with van der Waals surface area (Å²) in [4.78, 5) is 20.0. The lowest BCUT2D eigenvalue weighted by Crippen LogP contribution is -2.30. The molecule has 1 aliphatic heterocycles. The number of anilines is 1. The second-order valence-corrected chi connectivity index (χ2v) is 9.84. The molecule has 36 heavy (non-hydrogen) atoms. The molecule has 1 amide bonds. The average molecular weight is 512 g/mol. The molecule has 1 aromatic heterocycles. The minimum atomic E-state index is -0.107. The Bertz CT molecular complexity index is 1520. The maximum Gasteiger partial charge on any atom is 0.255 e. The summed E-state index contributed by atoms with van der Waals surface area (Å²) < 4.78 is 1.11. The van der Waals surface area contributed by atoms with Crippen LogP contribution in [-0.4, -0.2) is 22.3 Å². The van der Waals surface area contributed by atoms with Gasteiger partial charge >= 0.3 is 0 Å². The number of nitrogens with one attached hydrogen (secondary N) is 1. The molecule has 1 N–H and O–H groups in total. The first kappa shape index (κ1) is 24.2. The summed E-state index contributed by atoms with van der Waals surface area (Å²) in [5, 5.41) is 3.06. The number of nitrogens with zero attached hydrogens (tertiary/aromatic N) is 2. The first-order valence-electron chi connectivity index (χ1n) is 11.8. The van der Waals surface area contributed by atoms with Crippen molar-refractivity contribution in [3.05, 3.63) is 119 Å². The Morgan fingerprint density at radius 2 is 1.72 bits per heavy atom. The Morgan fingerprint density at radius 1 is 0.917 bits per heavy atom. The predicted molar refractivity (Wildman–Crippen MR) is 151 cm³/mol. The second kappa shape index (κ2) is 10.6. The van der Waals surface area contributed by atoms with Gasteiger partial charge in [-0.25, -0.2) is 4.98 Å². The van der Waals surface area contributed by atoms with Gasteiger partial charge in [-0.2, -0.15) is 0 Å². The van der Waals surface area contributed by atoms with Gasteiger partial charge in [0, 0.05) is 30.9 Å². The molecular weight excluding hydrogens is 486 g/mol. The van der Waals surface area contributed by atoms with E-state index in [0.717, 1.165) is 47.5 Å². The van der Waals surface area contributed by atoms with Crippen LogP contribution in [0.2, 0.25) is 0 Å². The van der Waals surface area contributed by atoms with Crippen molar-refractivity contribution in [3.63, 3.8) is 0 Å². The molecule has 0 unspecified atom stereocenters. The fourth-order valence-corrected chi connectivity index (χ4v) is 5.49. The molecule has 0 bridgehead atoms. The first-order chi connectivity index (χ1) is 17.2. The number of carbonyl (C=O) groups excluding carboxylic acids is 1. The molecule has 0 spiro atoms. The van der Waals surface area contributed by atoms with Crippen LogP contribution in [0.15, 0.2) is 96.5 Å². The van der Waals surface area contributed by atoms with Gasteiger partial charge in [0.05, 0.1) is 15.7 Å². The van der Waals surface area contributed by atoms with Gasteiger partial charge in [0.25, 0.3) is 5.91 Å². The monoisotopic (exact) mass is 511 g/mol. The Morgan fingerprint density at radius 3 is 2.58 bits per heavy atom. The highest BCUT2D eigenvalue weighted by atomic mass is 35.5. The van der Waals surface area contributed by atoms with Gasteiger partial charge in [-0.1, -0.05) is 60.7 Å². The summed E-state index contributed by atoms with van der Waals surface area (Å²) in [7, 11) is 0. The molecule has 0 saturated heterocycles. The van der Waals surface area contributed by atoms with Crippen LogP contribution < -0.4 is 5.32 Å². The molecule has 5 aromatic rings. The standard InChI is InChI=1S/C30H25N3OS.ClH/c34-30(32-26-11-13-29-28(17-26)31-20-35-29)23-10-12-27(22-7-2-1-3-8-22)25(16-23)19-33-15-14-21-6-4-5-9-24(21)18-33;/h1-13,16-17,20H,14-15,18-19H2,(H,32,34);1H. The lowest BCUT2D eigenvalue weighted by molar-refractivity contribution is 0.102. The molecule has 0 aliphatic carbocycles. The maximum absolute atomic E-state index is 13.2. The van der Waals surface area contributed by atoms with E-state index < -0.39 is 0 Å². The van der Waals surface area contributed by atoms with Gasteiger partial charge in [0.2, 0.25) is 0 Å². The SMILES string of the molecule is Cl.O=C(Nc1ccc2scnc2c1)c1ccc(-c2ccccc2)c(CN2CCc3ccccc3C2)c1. The van der Waals surface area contributed by atoms with E-state index in [9.17, 15) is 4.79 Å². The van der Waals surface area contributed by atoms with E-state index >= 15 is 0 Å². The fraction of sp³-hybridized carbons (Fsp3) is 0.133. The molecule has 0 fully saturated rings. The number of hydrogen-bond acceptors (Lipinski definition) is 4. The van der Waals surface area contributed by atoms with E-state index in [0.29, 0.717) is 5.56 Å². The number of thiazole rings is 1. The molecular formula is C30H26ClN3OS. The van der Waals surface area contributed by atoms with Crippen LogP contribution in [0.4, 0.5) is 5.69 Å². The smallest absolute Gasteiger partial charge is 0.255 e. The van der Waals surface area contributed by atoms with E-state index in [2.05, 4.69) is 75.9 Å². The molecule has 2 heterocycles. The predicted octanol–water partition coefficient (Wildman–Crippen LogP) is 7.20. The largest absolute Gasteiger partial charge is 0.322 e. The van der Waals surface area contributed by atoms with Crippen molar-refractivity contribution in [2.75, 3.05) is 11.9 Å². The van der Waals surface area contributed by atoms with Crippen LogP contribution in [-0.2, 0) is 19.5 Å². The number of rotatable bonds is 5. The van der Waals surface area contributed by atoms with Gasteiger partial charge in [-0.3, -0.25) is 9.69 Å². The van der Waals surface area contributed by atoms with Crippen LogP contribution in [0.25, 0.3) is 21.3 Å². The molecule has 6 rings (SSSR count). The third kappa shape index (κ3) is 5.05. The van der Waals surface area contributed by atoms with Crippen molar-refractivity contribution in [3.8, 4) is 11.1 Å². The molecule has 0 saturated carbocycles. The highest BCUT2D eigenvalue weighted by molar-refractivity contribution is 7.16. The normalized spacial score (nSPS) is 13.1. The molecule has 1 aliphatic rings. The third-order valence-corrected chi connectivity index (χ3v) is 7.45. The summed E-state index contributed by atoms with van der Waals surface area (Å²) in [6.45, 7) is 2.73. The van der Waals surface area contributed by atoms with Gasteiger partial charge in [-0.05, 0) is 64.6 Å². The van der Waals surface area contributed by atoms with E-state index in [-0.39, 0.29) is 18.3 Å². The van der Waals surface area contributed by atoms with E-state index in [4.69, 9.17) is 0 Å². The van der Waals surface area contributed by atoms with Crippen LogP contribution >= 0.6 is 23.7 Å². The number of hydrogen-bond donors (Lipinski definition) is 1. The molecule has 4 nitrogen and oxygen atoms in total. The van der Waals surface area contributed by atoms with Crippen LogP contribution in [0.1, 0.15) is 27.0 Å². The Hall–Kier alpha value is -3.51. The topological polar surface area (TPSA) is 45.2 Å². The molecule has 6 heteroatoms. The van der Waals surface area contributed by atoms with Crippen LogP contribution in [0, 0.1) is 0 Å². The van der Waals surface area contributed by atoms with Crippen LogP contribution in [0.3, 0.4) is 0 Å². The van der Waals surface area contributed by atoms with Crippen molar-refractivity contribution >= 4 is 45.6 Å². The van der Waals surface area contributed by atoms with Crippen molar-refractivity contribution in [1.29, 1.82) is 0 Å². The summed E-state index contributed by atoms with van der Waals surface area (Å²) >= 11 is 1.60. The zero-order valence-corrected chi connectivity index (χ0v) is 21.3. The van der Waals surface area contributed by atoms with Gasteiger partial charge in [-0.15, -0.1) is 23.7 Å².